The zero-order valence-corrected chi connectivity index (χ0v) is 42.4. The highest BCUT2D eigenvalue weighted by atomic mass is 16.5. The number of benzene rings is 4. The van der Waals surface area contributed by atoms with Crippen molar-refractivity contribution in [2.45, 2.75) is 32.6 Å². The van der Waals surface area contributed by atoms with Gasteiger partial charge in [0.2, 0.25) is 0 Å². The van der Waals surface area contributed by atoms with Crippen LogP contribution in [0.1, 0.15) is 45.9 Å². The average Bonchev–Trinajstić information content (AvgIpc) is 3.29. The Balaban J connectivity index is 1.73. The van der Waals surface area contributed by atoms with E-state index in [1.54, 1.807) is 0 Å². The van der Waals surface area contributed by atoms with Crippen LogP contribution in [0.2, 0.25) is 0 Å². The molecule has 0 unspecified atom stereocenters. The van der Waals surface area contributed by atoms with Crippen LogP contribution in [0, 0.1) is 0 Å². The normalized spacial score (nSPS) is 11.2. The molecule has 0 spiro atoms. The molecule has 16 nitrogen and oxygen atoms in total. The average molecular weight is 953 g/mol. The van der Waals surface area contributed by atoms with Gasteiger partial charge in [0.15, 0.2) is 26.4 Å². The first kappa shape index (κ1) is 55.4. The summed E-state index contributed by atoms with van der Waals surface area (Å²) in [5.74, 6) is 1.33. The van der Waals surface area contributed by atoms with Crippen molar-refractivity contribution in [1.82, 2.24) is 40.9 Å². The molecule has 0 saturated heterocycles. The monoisotopic (exact) mass is 953 g/mol. The molecule has 0 aliphatic heterocycles. The van der Waals surface area contributed by atoms with E-state index >= 15 is 0 Å². The molecule has 0 aromatic heterocycles. The van der Waals surface area contributed by atoms with Crippen molar-refractivity contribution in [2.24, 2.45) is 0 Å². The van der Waals surface area contributed by atoms with Crippen LogP contribution in [0.15, 0.2) is 78.9 Å². The van der Waals surface area contributed by atoms with E-state index in [2.05, 4.69) is 21.3 Å². The molecule has 4 aromatic carbocycles. The maximum atomic E-state index is 13.2. The van der Waals surface area contributed by atoms with E-state index in [1.807, 2.05) is 162 Å². The van der Waals surface area contributed by atoms with Crippen molar-refractivity contribution in [3.8, 4) is 23.0 Å². The number of carbonyl (C=O) groups excluding carboxylic acids is 4. The number of aryl methyl sites for hydroxylation is 1. The highest BCUT2D eigenvalue weighted by molar-refractivity contribution is 5.79. The number of hydrogen-bond donors (Lipinski definition) is 4. The van der Waals surface area contributed by atoms with Crippen molar-refractivity contribution in [1.29, 1.82) is 0 Å². The standard InChI is InChI=1S/C53H76N8O8/c1-10-39-17-13-18-42(51(39)67-36-48(63)55-25-29-59(4)5)33-43-21-15-22-45(53(43)69-38-50(65)57-27-31-61(8)9)34-44-20-14-19-41(52(44)68-37-49(64)56-26-30-60(6)7)32-40-16-11-12-23-46(40)66-35-47(62)54-24-28-58(2)3/h11-23H,10,24-38H2,1-9H3,(H,54,62)(H,55,63)(H,56,64)(H,57,65). The van der Waals surface area contributed by atoms with Crippen LogP contribution < -0.4 is 40.2 Å². The maximum Gasteiger partial charge on any atom is 0.257 e. The van der Waals surface area contributed by atoms with Crippen LogP contribution in [0.25, 0.3) is 0 Å². The van der Waals surface area contributed by atoms with Crippen molar-refractivity contribution < 1.29 is 38.1 Å². The summed E-state index contributed by atoms with van der Waals surface area (Å²) in [6.07, 6.45) is 1.79. The second-order valence-electron chi connectivity index (χ2n) is 18.0. The molecule has 376 valence electrons. The molecule has 4 amide bonds. The SMILES string of the molecule is CCc1cccc(Cc2cccc(Cc3cccc(Cc4ccccc4OCC(=O)NCCN(C)C)c3OCC(=O)NCCN(C)C)c2OCC(=O)NCCN(C)C)c1OCC(=O)NCCN(C)C. The number of carbonyl (C=O) groups is 4. The zero-order valence-electron chi connectivity index (χ0n) is 42.4. The van der Waals surface area contributed by atoms with Gasteiger partial charge in [-0.2, -0.15) is 0 Å². The molecular formula is C53H76N8O8. The molecule has 16 heteroatoms. The fourth-order valence-electron chi connectivity index (χ4n) is 7.29. The van der Waals surface area contributed by atoms with Gasteiger partial charge in [0, 0.05) is 71.6 Å². The van der Waals surface area contributed by atoms with Crippen LogP contribution in [0.3, 0.4) is 0 Å². The lowest BCUT2D eigenvalue weighted by molar-refractivity contribution is -0.123. The Morgan fingerprint density at radius 1 is 0.377 bits per heavy atom. The lowest BCUT2D eigenvalue weighted by Crippen LogP contribution is -2.34. The molecule has 4 aromatic rings. The van der Waals surface area contributed by atoms with Gasteiger partial charge in [-0.25, -0.2) is 0 Å². The van der Waals surface area contributed by atoms with Crippen molar-refractivity contribution in [3.05, 3.63) is 118 Å². The highest BCUT2D eigenvalue weighted by Gasteiger charge is 2.21. The van der Waals surface area contributed by atoms with Crippen LogP contribution >= 0.6 is 0 Å². The molecule has 0 aliphatic rings. The number of hydrogen-bond acceptors (Lipinski definition) is 12. The number of nitrogens with one attached hydrogen (secondary N) is 4. The quantitative estimate of drug-likeness (QED) is 0.0584. The molecular weight excluding hydrogens is 877 g/mol. The fourth-order valence-corrected chi connectivity index (χ4v) is 7.29. The third kappa shape index (κ3) is 20.1. The van der Waals surface area contributed by atoms with Crippen molar-refractivity contribution in [3.63, 3.8) is 0 Å². The summed E-state index contributed by atoms with van der Waals surface area (Å²) in [6.45, 7) is 6.04. The third-order valence-corrected chi connectivity index (χ3v) is 11.0. The van der Waals surface area contributed by atoms with Gasteiger partial charge in [0.1, 0.15) is 23.0 Å². The molecule has 4 N–H and O–H groups in total. The molecule has 0 atom stereocenters. The van der Waals surface area contributed by atoms with Gasteiger partial charge in [0.25, 0.3) is 23.6 Å². The van der Waals surface area contributed by atoms with Gasteiger partial charge in [-0.1, -0.05) is 79.7 Å². The van der Waals surface area contributed by atoms with Gasteiger partial charge >= 0.3 is 0 Å². The summed E-state index contributed by atoms with van der Waals surface area (Å²) >= 11 is 0. The minimum absolute atomic E-state index is 0.135. The van der Waals surface area contributed by atoms with Gasteiger partial charge in [0.05, 0.1) is 0 Å². The molecule has 0 aliphatic carbocycles. The summed E-state index contributed by atoms with van der Waals surface area (Å²) < 4.78 is 25.4. The second-order valence-corrected chi connectivity index (χ2v) is 18.0. The smallest absolute Gasteiger partial charge is 0.257 e. The predicted molar refractivity (Wildman–Crippen MR) is 272 cm³/mol. The molecule has 4 rings (SSSR count). The summed E-state index contributed by atoms with van der Waals surface area (Å²) in [6, 6.07) is 25.3. The largest absolute Gasteiger partial charge is 0.483 e. The van der Waals surface area contributed by atoms with E-state index in [9.17, 15) is 19.2 Å². The lowest BCUT2D eigenvalue weighted by atomic mass is 9.94. The topological polar surface area (TPSA) is 166 Å². The summed E-state index contributed by atoms with van der Waals surface area (Å²) in [5, 5.41) is 11.7. The Hall–Kier alpha value is -6.20. The fraction of sp³-hybridized carbons (Fsp3) is 0.472. The Morgan fingerprint density at radius 2 is 0.652 bits per heavy atom. The number of ether oxygens (including phenoxy) is 4. The number of likely N-dealkylation sites (N-methyl/N-ethyl adjacent to an activating group) is 4. The number of rotatable bonds is 31. The Labute approximate surface area is 410 Å². The van der Waals surface area contributed by atoms with Gasteiger partial charge < -0.3 is 59.8 Å². The van der Waals surface area contributed by atoms with E-state index in [-0.39, 0.29) is 50.1 Å². The van der Waals surface area contributed by atoms with Gasteiger partial charge in [-0.05, 0) is 108 Å². The first-order chi connectivity index (χ1) is 33.1. The molecule has 0 saturated carbocycles. The first-order valence-electron chi connectivity index (χ1n) is 23.7. The molecule has 0 bridgehead atoms. The van der Waals surface area contributed by atoms with E-state index in [1.165, 1.54) is 0 Å². The third-order valence-electron chi connectivity index (χ3n) is 11.0. The van der Waals surface area contributed by atoms with Crippen LogP contribution in [-0.2, 0) is 44.9 Å². The summed E-state index contributed by atoms with van der Waals surface area (Å²) in [5.41, 5.74) is 5.88. The number of amides is 4. The van der Waals surface area contributed by atoms with Gasteiger partial charge in [-0.15, -0.1) is 0 Å². The van der Waals surface area contributed by atoms with Crippen LogP contribution in [0.4, 0.5) is 0 Å². The lowest BCUT2D eigenvalue weighted by Gasteiger charge is -2.21. The Kier molecular flexibility index (Phi) is 23.8. The minimum Gasteiger partial charge on any atom is -0.483 e. The van der Waals surface area contributed by atoms with Gasteiger partial charge in [-0.3, -0.25) is 19.2 Å². The Morgan fingerprint density at radius 3 is 0.986 bits per heavy atom. The van der Waals surface area contributed by atoms with Crippen molar-refractivity contribution >= 4 is 23.6 Å². The summed E-state index contributed by atoms with van der Waals surface area (Å²) in [7, 11) is 15.6. The molecule has 69 heavy (non-hydrogen) atoms. The van der Waals surface area contributed by atoms with E-state index in [0.29, 0.717) is 101 Å². The van der Waals surface area contributed by atoms with E-state index in [4.69, 9.17) is 18.9 Å². The number of para-hydroxylation sites is 4. The first-order valence-corrected chi connectivity index (χ1v) is 23.7. The van der Waals surface area contributed by atoms with Crippen molar-refractivity contribution in [2.75, 3.05) is 135 Å². The number of nitrogens with zero attached hydrogens (tertiary/aromatic N) is 4. The van der Waals surface area contributed by atoms with Crippen LogP contribution in [-0.4, -0.2) is 178 Å². The molecule has 0 radical (unpaired) electrons. The van der Waals surface area contributed by atoms with Crippen LogP contribution in [0.5, 0.6) is 23.0 Å². The Bertz CT molecular complexity index is 2250. The molecule has 0 heterocycles. The molecule has 0 fully saturated rings. The predicted octanol–water partition coefficient (Wildman–Crippen LogP) is 3.25. The highest BCUT2D eigenvalue weighted by Crippen LogP contribution is 2.36. The minimum atomic E-state index is -0.258. The second kappa shape index (κ2) is 29.6. The van der Waals surface area contributed by atoms with E-state index < -0.39 is 0 Å². The zero-order chi connectivity index (χ0) is 50.1. The summed E-state index contributed by atoms with van der Waals surface area (Å²) in [4.78, 5) is 60.0. The maximum absolute atomic E-state index is 13.2. The van der Waals surface area contributed by atoms with E-state index in [0.717, 1.165) is 38.9 Å².